The van der Waals surface area contributed by atoms with E-state index in [9.17, 15) is 4.79 Å². The summed E-state index contributed by atoms with van der Waals surface area (Å²) in [5, 5.41) is 4.35. The van der Waals surface area contributed by atoms with Crippen LogP contribution in [0.3, 0.4) is 0 Å². The number of rotatable bonds is 6. The van der Waals surface area contributed by atoms with Crippen LogP contribution in [0.25, 0.3) is 16.9 Å². The number of ether oxygens (including phenoxy) is 1. The topological polar surface area (TPSA) is 95.1 Å². The molecule has 0 spiro atoms. The van der Waals surface area contributed by atoms with Crippen molar-refractivity contribution in [3.63, 3.8) is 0 Å². The highest BCUT2D eigenvalue weighted by atomic mass is 16.5. The van der Waals surface area contributed by atoms with Crippen LogP contribution in [-0.4, -0.2) is 33.7 Å². The third kappa shape index (κ3) is 4.19. The number of nitrogens with one attached hydrogen (secondary N) is 1. The van der Waals surface area contributed by atoms with Gasteiger partial charge in [0, 0.05) is 48.2 Å². The van der Waals surface area contributed by atoms with E-state index in [1.807, 2.05) is 54.1 Å². The molecule has 5 rings (SSSR count). The smallest absolute Gasteiger partial charge is 0.249 e. The van der Waals surface area contributed by atoms with E-state index in [0.717, 1.165) is 54.0 Å². The first-order valence-corrected chi connectivity index (χ1v) is 11.3. The van der Waals surface area contributed by atoms with E-state index in [0.29, 0.717) is 24.0 Å². The molecule has 4 aromatic rings. The van der Waals surface area contributed by atoms with Crippen LogP contribution in [-0.2, 0) is 11.3 Å². The highest BCUT2D eigenvalue weighted by Gasteiger charge is 2.22. The predicted molar refractivity (Wildman–Crippen MR) is 129 cm³/mol. The number of hydrogen-bond acceptors (Lipinski definition) is 5. The number of nitrogens with zero attached hydrogens (tertiary/aromatic N) is 3. The Balaban J connectivity index is 1.58. The number of hydrogen-bond donors (Lipinski definition) is 2. The molecule has 0 atom stereocenters. The molecule has 2 aromatic carbocycles. The van der Waals surface area contributed by atoms with Crippen molar-refractivity contribution in [2.45, 2.75) is 32.2 Å². The normalized spacial score (nSPS) is 14.5. The number of primary amides is 1. The number of aryl methyl sites for hydroxylation is 1. The Morgan fingerprint density at radius 1 is 1.15 bits per heavy atom. The van der Waals surface area contributed by atoms with Crippen molar-refractivity contribution >= 4 is 22.6 Å². The molecular formula is C26H27N5O2. The highest BCUT2D eigenvalue weighted by molar-refractivity contribution is 6.06. The first kappa shape index (κ1) is 21.2. The number of carbonyl (C=O) groups is 1. The Labute approximate surface area is 192 Å². The second-order valence-electron chi connectivity index (χ2n) is 8.42. The summed E-state index contributed by atoms with van der Waals surface area (Å²) in [5.74, 6) is 1.31. The second kappa shape index (κ2) is 9.03. The highest BCUT2D eigenvalue weighted by Crippen LogP contribution is 2.33. The van der Waals surface area contributed by atoms with E-state index in [-0.39, 0.29) is 0 Å². The molecule has 0 unspecified atom stereocenters. The number of aromatic nitrogens is 3. The molecule has 1 aliphatic rings. The summed E-state index contributed by atoms with van der Waals surface area (Å²) in [4.78, 5) is 21.7. The fourth-order valence-electron chi connectivity index (χ4n) is 4.56. The zero-order valence-corrected chi connectivity index (χ0v) is 18.6. The third-order valence-corrected chi connectivity index (χ3v) is 6.26. The fraction of sp³-hybridized carbons (Fsp3) is 0.269. The lowest BCUT2D eigenvalue weighted by Crippen LogP contribution is -2.18. The van der Waals surface area contributed by atoms with E-state index in [2.05, 4.69) is 17.4 Å². The Bertz CT molecular complexity index is 1290. The van der Waals surface area contributed by atoms with E-state index >= 15 is 0 Å². The van der Waals surface area contributed by atoms with Gasteiger partial charge in [-0.15, -0.1) is 0 Å². The van der Waals surface area contributed by atoms with Crippen LogP contribution in [0.5, 0.6) is 0 Å². The lowest BCUT2D eigenvalue weighted by Gasteiger charge is -2.24. The van der Waals surface area contributed by atoms with Gasteiger partial charge >= 0.3 is 0 Å². The Morgan fingerprint density at radius 3 is 2.70 bits per heavy atom. The predicted octanol–water partition coefficient (Wildman–Crippen LogP) is 4.33. The third-order valence-electron chi connectivity index (χ3n) is 6.26. The summed E-state index contributed by atoms with van der Waals surface area (Å²) >= 11 is 0. The number of benzene rings is 2. The molecule has 3 heterocycles. The number of anilines is 1. The van der Waals surface area contributed by atoms with Crippen LogP contribution in [0.1, 0.15) is 45.9 Å². The maximum Gasteiger partial charge on any atom is 0.249 e. The number of amides is 1. The molecule has 0 radical (unpaired) electrons. The molecule has 1 fully saturated rings. The van der Waals surface area contributed by atoms with Gasteiger partial charge in [0.25, 0.3) is 0 Å². The molecule has 3 N–H and O–H groups in total. The fourth-order valence-corrected chi connectivity index (χ4v) is 4.56. The van der Waals surface area contributed by atoms with Gasteiger partial charge in [0.15, 0.2) is 0 Å². The minimum atomic E-state index is -0.446. The molecule has 7 nitrogen and oxygen atoms in total. The second-order valence-corrected chi connectivity index (χ2v) is 8.42. The Hall–Kier alpha value is -3.71. The SMILES string of the molecule is Cc1cc2c(C(N)=O)cccc2n1-c1ncc(C2CCOCC2)c(NCc2ccccc2)n1. The number of nitrogens with two attached hydrogens (primary N) is 1. The largest absolute Gasteiger partial charge is 0.381 e. The summed E-state index contributed by atoms with van der Waals surface area (Å²) in [6.07, 6.45) is 3.85. The van der Waals surface area contributed by atoms with Gasteiger partial charge in [0.2, 0.25) is 11.9 Å². The summed E-state index contributed by atoms with van der Waals surface area (Å²) in [7, 11) is 0. The van der Waals surface area contributed by atoms with Crippen molar-refractivity contribution in [2.75, 3.05) is 18.5 Å². The van der Waals surface area contributed by atoms with Crippen LogP contribution in [0.15, 0.2) is 60.8 Å². The number of carbonyl (C=O) groups excluding carboxylic acids is 1. The van der Waals surface area contributed by atoms with Gasteiger partial charge in [-0.3, -0.25) is 9.36 Å². The van der Waals surface area contributed by atoms with E-state index in [4.69, 9.17) is 20.4 Å². The quantitative estimate of drug-likeness (QED) is 0.464. The van der Waals surface area contributed by atoms with Crippen molar-refractivity contribution in [1.82, 2.24) is 14.5 Å². The molecule has 1 aliphatic heterocycles. The standard InChI is InChI=1S/C26H27N5O2/c1-17-14-21-20(24(27)32)8-5-9-23(21)31(17)26-29-16-22(19-10-12-33-13-11-19)25(30-26)28-15-18-6-3-2-4-7-18/h2-9,14,16,19H,10-13,15H2,1H3,(H2,27,32)(H,28,29,30). The zero-order chi connectivity index (χ0) is 22.8. The minimum absolute atomic E-state index is 0.357. The van der Waals surface area contributed by atoms with Crippen LogP contribution in [0.2, 0.25) is 0 Å². The molecule has 0 bridgehead atoms. The lowest BCUT2D eigenvalue weighted by molar-refractivity contribution is 0.0853. The van der Waals surface area contributed by atoms with Crippen molar-refractivity contribution in [1.29, 1.82) is 0 Å². The summed E-state index contributed by atoms with van der Waals surface area (Å²) in [6.45, 7) is 4.16. The van der Waals surface area contributed by atoms with Crippen LogP contribution < -0.4 is 11.1 Å². The van der Waals surface area contributed by atoms with Gasteiger partial charge in [0.1, 0.15) is 5.82 Å². The Morgan fingerprint density at radius 2 is 1.94 bits per heavy atom. The van der Waals surface area contributed by atoms with Crippen LogP contribution in [0.4, 0.5) is 5.82 Å². The van der Waals surface area contributed by atoms with E-state index < -0.39 is 5.91 Å². The maximum absolute atomic E-state index is 11.9. The van der Waals surface area contributed by atoms with Gasteiger partial charge < -0.3 is 15.8 Å². The van der Waals surface area contributed by atoms with Gasteiger partial charge in [-0.25, -0.2) is 4.98 Å². The Kier molecular flexibility index (Phi) is 5.79. The number of fused-ring (bicyclic) bond motifs is 1. The summed E-state index contributed by atoms with van der Waals surface area (Å²) in [6, 6.07) is 17.8. The van der Waals surface area contributed by atoms with Gasteiger partial charge in [-0.05, 0) is 49.4 Å². The van der Waals surface area contributed by atoms with Crippen LogP contribution in [0, 0.1) is 6.92 Å². The molecule has 7 heteroatoms. The van der Waals surface area contributed by atoms with E-state index in [1.165, 1.54) is 5.56 Å². The molecule has 0 saturated carbocycles. The molecule has 1 amide bonds. The zero-order valence-electron chi connectivity index (χ0n) is 18.6. The van der Waals surface area contributed by atoms with Crippen molar-refractivity contribution in [2.24, 2.45) is 5.73 Å². The monoisotopic (exact) mass is 441 g/mol. The van der Waals surface area contributed by atoms with Gasteiger partial charge in [-0.2, -0.15) is 4.98 Å². The average Bonchev–Trinajstić information content (AvgIpc) is 3.19. The van der Waals surface area contributed by atoms with Gasteiger partial charge in [0.05, 0.1) is 5.52 Å². The van der Waals surface area contributed by atoms with Crippen molar-refractivity contribution < 1.29 is 9.53 Å². The molecule has 1 saturated heterocycles. The summed E-state index contributed by atoms with van der Waals surface area (Å²) in [5.41, 5.74) is 10.2. The first-order chi connectivity index (χ1) is 16.1. The molecule has 2 aromatic heterocycles. The summed E-state index contributed by atoms with van der Waals surface area (Å²) < 4.78 is 7.54. The first-order valence-electron chi connectivity index (χ1n) is 11.3. The minimum Gasteiger partial charge on any atom is -0.381 e. The molecule has 168 valence electrons. The van der Waals surface area contributed by atoms with Crippen LogP contribution >= 0.6 is 0 Å². The lowest BCUT2D eigenvalue weighted by atomic mass is 9.93. The average molecular weight is 442 g/mol. The van der Waals surface area contributed by atoms with Crippen molar-refractivity contribution in [3.8, 4) is 5.95 Å². The maximum atomic E-state index is 11.9. The molecule has 0 aliphatic carbocycles. The molecule has 33 heavy (non-hydrogen) atoms. The molecular weight excluding hydrogens is 414 g/mol. The van der Waals surface area contributed by atoms with E-state index in [1.54, 1.807) is 6.07 Å². The van der Waals surface area contributed by atoms with Crippen molar-refractivity contribution in [3.05, 3.63) is 83.2 Å². The van der Waals surface area contributed by atoms with Gasteiger partial charge in [-0.1, -0.05) is 36.4 Å².